The summed E-state index contributed by atoms with van der Waals surface area (Å²) in [6.07, 6.45) is 6.17. The molecule has 0 aliphatic carbocycles. The summed E-state index contributed by atoms with van der Waals surface area (Å²) in [6, 6.07) is 67.4. The fourth-order valence-corrected chi connectivity index (χ4v) is 7.58. The van der Waals surface area contributed by atoms with E-state index in [1.807, 2.05) is 54.6 Å². The van der Waals surface area contributed by atoms with Crippen molar-refractivity contribution in [2.24, 2.45) is 9.98 Å². The Labute approximate surface area is 325 Å². The molecule has 0 bridgehead atoms. The number of furan rings is 1. The Morgan fingerprint density at radius 1 is 0.411 bits per heavy atom. The minimum absolute atomic E-state index is 0.646. The maximum absolute atomic E-state index is 6.77. The van der Waals surface area contributed by atoms with Gasteiger partial charge >= 0.3 is 0 Å². The fourth-order valence-electron chi connectivity index (χ4n) is 7.58. The van der Waals surface area contributed by atoms with Gasteiger partial charge in [0.25, 0.3) is 0 Å². The number of allylic oxidation sites excluding steroid dienone is 3. The number of fused-ring (bicyclic) bond motifs is 5. The molecule has 0 fully saturated rings. The Hall–Kier alpha value is -7.56. The second kappa shape index (κ2) is 14.3. The first-order valence-electron chi connectivity index (χ1n) is 18.8. The molecule has 9 aromatic rings. The molecule has 0 atom stereocenters. The molecule has 0 saturated carbocycles. The summed E-state index contributed by atoms with van der Waals surface area (Å²) < 4.78 is 6.77. The molecule has 4 heteroatoms. The quantitative estimate of drug-likeness (QED) is 0.165. The Kier molecular flexibility index (Phi) is 8.47. The molecular formula is C52H35N3O. The van der Waals surface area contributed by atoms with E-state index in [1.165, 1.54) is 0 Å². The summed E-state index contributed by atoms with van der Waals surface area (Å²) in [5.41, 5.74) is 11.9. The maximum atomic E-state index is 6.77. The monoisotopic (exact) mass is 717 g/mol. The van der Waals surface area contributed by atoms with Crippen LogP contribution in [0, 0.1) is 0 Å². The second-order valence-corrected chi connectivity index (χ2v) is 13.8. The average Bonchev–Trinajstić information content (AvgIpc) is 3.63. The van der Waals surface area contributed by atoms with Gasteiger partial charge in [-0.05, 0) is 83.3 Å². The number of amidine groups is 1. The van der Waals surface area contributed by atoms with Crippen LogP contribution in [0.1, 0.15) is 16.7 Å². The number of nitrogens with zero attached hydrogens (tertiary/aromatic N) is 3. The molecule has 4 nitrogen and oxygen atoms in total. The third-order valence-corrected chi connectivity index (χ3v) is 10.3. The van der Waals surface area contributed by atoms with Crippen molar-refractivity contribution in [3.8, 4) is 11.1 Å². The van der Waals surface area contributed by atoms with Gasteiger partial charge in [0.1, 0.15) is 11.2 Å². The minimum atomic E-state index is 0.646. The zero-order chi connectivity index (χ0) is 37.3. The number of aliphatic imine (C=N–C) groups is 2. The SMILES string of the molecule is C1=C/C(c2ccccc2)=N\C(c2cc3c4ccc(-c5ccc(N(c6ccccc6)c6ccccc6)cc5)cc4oc3c3ccccc23)=N/C(c2ccccc2)=C/1. The van der Waals surface area contributed by atoms with Gasteiger partial charge in [0.2, 0.25) is 0 Å². The van der Waals surface area contributed by atoms with Gasteiger partial charge in [-0.15, -0.1) is 0 Å². The zero-order valence-electron chi connectivity index (χ0n) is 30.5. The average molecular weight is 718 g/mol. The van der Waals surface area contributed by atoms with E-state index in [0.29, 0.717) is 5.84 Å². The van der Waals surface area contributed by atoms with Crippen LogP contribution in [0.15, 0.2) is 227 Å². The van der Waals surface area contributed by atoms with Crippen LogP contribution in [0.3, 0.4) is 0 Å². The van der Waals surface area contributed by atoms with Crippen LogP contribution in [0.5, 0.6) is 0 Å². The summed E-state index contributed by atoms with van der Waals surface area (Å²) in [5.74, 6) is 0.646. The highest BCUT2D eigenvalue weighted by molar-refractivity contribution is 6.26. The van der Waals surface area contributed by atoms with E-state index in [9.17, 15) is 0 Å². The highest BCUT2D eigenvalue weighted by Crippen LogP contribution is 2.40. The molecule has 56 heavy (non-hydrogen) atoms. The van der Waals surface area contributed by atoms with Crippen LogP contribution >= 0.6 is 0 Å². The molecule has 2 heterocycles. The lowest BCUT2D eigenvalue weighted by atomic mass is 9.98. The van der Waals surface area contributed by atoms with E-state index in [2.05, 4.69) is 163 Å². The van der Waals surface area contributed by atoms with Gasteiger partial charge in [0, 0.05) is 49.9 Å². The van der Waals surface area contributed by atoms with Crippen LogP contribution in [-0.4, -0.2) is 11.5 Å². The predicted molar refractivity (Wildman–Crippen MR) is 234 cm³/mol. The van der Waals surface area contributed by atoms with Crippen molar-refractivity contribution < 1.29 is 4.42 Å². The number of para-hydroxylation sites is 2. The van der Waals surface area contributed by atoms with Gasteiger partial charge in [0.15, 0.2) is 5.84 Å². The second-order valence-electron chi connectivity index (χ2n) is 13.8. The molecule has 0 amide bonds. The lowest BCUT2D eigenvalue weighted by Gasteiger charge is -2.25. The summed E-state index contributed by atoms with van der Waals surface area (Å²) in [4.78, 5) is 12.9. The van der Waals surface area contributed by atoms with Crippen molar-refractivity contribution in [3.63, 3.8) is 0 Å². The van der Waals surface area contributed by atoms with Gasteiger partial charge < -0.3 is 9.32 Å². The first-order chi connectivity index (χ1) is 27.8. The van der Waals surface area contributed by atoms with E-state index >= 15 is 0 Å². The first kappa shape index (κ1) is 33.0. The first-order valence-corrected chi connectivity index (χ1v) is 18.8. The van der Waals surface area contributed by atoms with Crippen molar-refractivity contribution in [1.29, 1.82) is 0 Å². The molecule has 0 N–H and O–H groups in total. The smallest absolute Gasteiger partial charge is 0.161 e. The Balaban J connectivity index is 1.09. The zero-order valence-corrected chi connectivity index (χ0v) is 30.5. The number of benzene rings is 8. The fraction of sp³-hybridized carbons (Fsp3) is 0. The van der Waals surface area contributed by atoms with Gasteiger partial charge in [0.05, 0.1) is 11.4 Å². The molecule has 1 aliphatic rings. The third kappa shape index (κ3) is 6.19. The molecule has 8 aromatic carbocycles. The van der Waals surface area contributed by atoms with Gasteiger partial charge in [-0.2, -0.15) is 0 Å². The Bertz CT molecular complexity index is 2900. The molecule has 0 saturated heterocycles. The van der Waals surface area contributed by atoms with Crippen molar-refractivity contribution in [3.05, 3.63) is 229 Å². The van der Waals surface area contributed by atoms with Gasteiger partial charge in [-0.1, -0.05) is 146 Å². The Morgan fingerprint density at radius 2 is 0.982 bits per heavy atom. The largest absolute Gasteiger partial charge is 0.455 e. The lowest BCUT2D eigenvalue weighted by molar-refractivity contribution is 0.673. The minimum Gasteiger partial charge on any atom is -0.455 e. The molecule has 1 aromatic heterocycles. The van der Waals surface area contributed by atoms with E-state index < -0.39 is 0 Å². The van der Waals surface area contributed by atoms with E-state index in [4.69, 9.17) is 14.4 Å². The highest BCUT2D eigenvalue weighted by Gasteiger charge is 2.19. The molecular weight excluding hydrogens is 683 g/mol. The van der Waals surface area contributed by atoms with Gasteiger partial charge in [-0.25, -0.2) is 9.98 Å². The standard InChI is InChI=1S/C52H35N3O/c1-5-16-37(17-6-1)48-26-15-27-49(38-18-7-2-8-19-38)54-52(53-48)47-35-46-44-33-30-39(34-50(44)56-51(46)45-25-14-13-24-43(45)47)36-28-31-42(32-29-36)55(40-20-9-3-10-21-40)41-22-11-4-12-23-41/h1-35H/b26-15+,27-15?,48-26?,49-27+,53-48+,53-52?,54-49?,54-52-. The predicted octanol–water partition coefficient (Wildman–Crippen LogP) is 13.7. The maximum Gasteiger partial charge on any atom is 0.161 e. The van der Waals surface area contributed by atoms with Crippen LogP contribution in [0.25, 0.3) is 49.5 Å². The summed E-state index contributed by atoms with van der Waals surface area (Å²) >= 11 is 0. The van der Waals surface area contributed by atoms with Crippen molar-refractivity contribution >= 4 is 67.0 Å². The van der Waals surface area contributed by atoms with Crippen LogP contribution in [0.2, 0.25) is 0 Å². The molecule has 0 radical (unpaired) electrons. The van der Waals surface area contributed by atoms with Crippen molar-refractivity contribution in [2.75, 3.05) is 4.90 Å². The summed E-state index contributed by atoms with van der Waals surface area (Å²) in [6.45, 7) is 0. The van der Waals surface area contributed by atoms with E-state index in [0.717, 1.165) is 89.0 Å². The molecule has 0 unspecified atom stereocenters. The molecule has 1 aliphatic heterocycles. The van der Waals surface area contributed by atoms with E-state index in [1.54, 1.807) is 0 Å². The van der Waals surface area contributed by atoms with Crippen LogP contribution in [0.4, 0.5) is 17.1 Å². The van der Waals surface area contributed by atoms with Crippen molar-refractivity contribution in [1.82, 2.24) is 0 Å². The Morgan fingerprint density at radius 3 is 1.66 bits per heavy atom. The number of anilines is 3. The number of hydrogen-bond donors (Lipinski definition) is 0. The van der Waals surface area contributed by atoms with Crippen LogP contribution in [-0.2, 0) is 0 Å². The van der Waals surface area contributed by atoms with E-state index in [-0.39, 0.29) is 0 Å². The summed E-state index contributed by atoms with van der Waals surface area (Å²) in [7, 11) is 0. The topological polar surface area (TPSA) is 41.1 Å². The normalized spacial score (nSPS) is 16.2. The number of hydrogen-bond acceptors (Lipinski definition) is 4. The molecule has 0 spiro atoms. The van der Waals surface area contributed by atoms with Crippen LogP contribution < -0.4 is 4.90 Å². The highest BCUT2D eigenvalue weighted by atomic mass is 16.3. The van der Waals surface area contributed by atoms with Gasteiger partial charge in [-0.3, -0.25) is 0 Å². The lowest BCUT2D eigenvalue weighted by Crippen LogP contribution is -2.09. The third-order valence-electron chi connectivity index (χ3n) is 10.3. The summed E-state index contributed by atoms with van der Waals surface area (Å²) in [5, 5.41) is 4.12. The number of rotatable bonds is 7. The molecule has 264 valence electrons. The van der Waals surface area contributed by atoms with Crippen molar-refractivity contribution in [2.45, 2.75) is 0 Å². The molecule has 10 rings (SSSR count).